The number of rotatable bonds is 3. The first-order chi connectivity index (χ1) is 5.24. The molecule has 1 N–H and O–H groups in total. The van der Waals surface area contributed by atoms with Gasteiger partial charge < -0.3 is 9.67 Å². The molecule has 0 saturated carbocycles. The summed E-state index contributed by atoms with van der Waals surface area (Å²) in [6.07, 6.45) is 5.07. The van der Waals surface area contributed by atoms with Gasteiger partial charge in [-0.2, -0.15) is 11.8 Å². The van der Waals surface area contributed by atoms with Crippen LogP contribution in [0, 0.1) is 0 Å². The molecule has 0 amide bonds. The van der Waals surface area contributed by atoms with Gasteiger partial charge in [0.25, 0.3) is 0 Å². The number of aliphatic hydroxyl groups excluding tert-OH is 1. The number of thioether (sulfide) groups is 1. The summed E-state index contributed by atoms with van der Waals surface area (Å²) in [6.45, 7) is 0. The highest BCUT2D eigenvalue weighted by Gasteiger charge is 2.08. The van der Waals surface area contributed by atoms with Crippen molar-refractivity contribution >= 4 is 11.8 Å². The van der Waals surface area contributed by atoms with E-state index in [1.807, 2.05) is 24.1 Å². The third kappa shape index (κ3) is 2.24. The van der Waals surface area contributed by atoms with Gasteiger partial charge in [-0.3, -0.25) is 0 Å². The lowest BCUT2D eigenvalue weighted by Gasteiger charge is -2.03. The Morgan fingerprint density at radius 2 is 2.55 bits per heavy atom. The summed E-state index contributed by atoms with van der Waals surface area (Å²) in [7, 11) is 1.89. The van der Waals surface area contributed by atoms with Crippen LogP contribution in [0.15, 0.2) is 12.5 Å². The lowest BCUT2D eigenvalue weighted by Crippen LogP contribution is -2.00. The zero-order valence-electron chi connectivity index (χ0n) is 6.69. The minimum atomic E-state index is -0.425. The summed E-state index contributed by atoms with van der Waals surface area (Å²) in [6, 6.07) is 0. The second kappa shape index (κ2) is 3.78. The fraction of sp³-hybridized carbons (Fsp3) is 0.571. The molecule has 0 aliphatic carbocycles. The van der Waals surface area contributed by atoms with Gasteiger partial charge in [0.05, 0.1) is 12.0 Å². The Morgan fingerprint density at radius 1 is 1.82 bits per heavy atom. The average Bonchev–Trinajstić information content (AvgIpc) is 2.36. The minimum absolute atomic E-state index is 0.425. The van der Waals surface area contributed by atoms with Gasteiger partial charge in [-0.1, -0.05) is 0 Å². The van der Waals surface area contributed by atoms with Crippen molar-refractivity contribution < 1.29 is 5.11 Å². The number of hydrogen-bond acceptors (Lipinski definition) is 3. The SMILES string of the molecule is CSCC(O)c1cn(C)cn1. The summed E-state index contributed by atoms with van der Waals surface area (Å²) in [5.41, 5.74) is 0.752. The average molecular weight is 172 g/mol. The third-order valence-electron chi connectivity index (χ3n) is 1.39. The predicted octanol–water partition coefficient (Wildman–Crippen LogP) is 0.816. The monoisotopic (exact) mass is 172 g/mol. The van der Waals surface area contributed by atoms with Gasteiger partial charge >= 0.3 is 0 Å². The molecule has 1 heterocycles. The van der Waals surface area contributed by atoms with Gasteiger partial charge in [-0.25, -0.2) is 4.98 Å². The summed E-state index contributed by atoms with van der Waals surface area (Å²) >= 11 is 1.61. The molecule has 0 aliphatic heterocycles. The van der Waals surface area contributed by atoms with Gasteiger partial charge in [-0.15, -0.1) is 0 Å². The molecule has 1 unspecified atom stereocenters. The molecule has 1 aromatic heterocycles. The van der Waals surface area contributed by atoms with Crippen molar-refractivity contribution in [2.45, 2.75) is 6.10 Å². The fourth-order valence-corrected chi connectivity index (χ4v) is 1.33. The Labute approximate surface area is 70.4 Å². The molecule has 0 fully saturated rings. The van der Waals surface area contributed by atoms with E-state index in [2.05, 4.69) is 4.98 Å². The maximum Gasteiger partial charge on any atom is 0.106 e. The number of nitrogens with zero attached hydrogens (tertiary/aromatic N) is 2. The number of hydrogen-bond donors (Lipinski definition) is 1. The van der Waals surface area contributed by atoms with Crippen molar-refractivity contribution in [2.24, 2.45) is 7.05 Å². The van der Waals surface area contributed by atoms with Crippen LogP contribution in [0.1, 0.15) is 11.8 Å². The van der Waals surface area contributed by atoms with Crippen molar-refractivity contribution in [3.05, 3.63) is 18.2 Å². The maximum absolute atomic E-state index is 9.44. The first-order valence-electron chi connectivity index (χ1n) is 3.39. The van der Waals surface area contributed by atoms with Crippen LogP contribution < -0.4 is 0 Å². The van der Waals surface area contributed by atoms with E-state index < -0.39 is 6.10 Å². The minimum Gasteiger partial charge on any atom is -0.386 e. The van der Waals surface area contributed by atoms with E-state index in [0.717, 1.165) is 5.69 Å². The van der Waals surface area contributed by atoms with Crippen molar-refractivity contribution in [3.8, 4) is 0 Å². The maximum atomic E-state index is 9.44. The molecular formula is C7H12N2OS. The summed E-state index contributed by atoms with van der Waals surface area (Å²) in [4.78, 5) is 4.03. The molecule has 11 heavy (non-hydrogen) atoms. The van der Waals surface area contributed by atoms with Gasteiger partial charge in [0.15, 0.2) is 0 Å². The smallest absolute Gasteiger partial charge is 0.106 e. The van der Waals surface area contributed by atoms with Crippen LogP contribution in [0.2, 0.25) is 0 Å². The van der Waals surface area contributed by atoms with Gasteiger partial charge in [0.2, 0.25) is 0 Å². The first-order valence-corrected chi connectivity index (χ1v) is 4.78. The van der Waals surface area contributed by atoms with E-state index in [4.69, 9.17) is 0 Å². The van der Waals surface area contributed by atoms with E-state index in [1.54, 1.807) is 18.1 Å². The first kappa shape index (κ1) is 8.62. The molecule has 3 nitrogen and oxygen atoms in total. The Balaban J connectivity index is 2.60. The van der Waals surface area contributed by atoms with Crippen molar-refractivity contribution in [3.63, 3.8) is 0 Å². The molecule has 0 aliphatic rings. The van der Waals surface area contributed by atoms with Crippen LogP contribution in [0.25, 0.3) is 0 Å². The third-order valence-corrected chi connectivity index (χ3v) is 2.04. The van der Waals surface area contributed by atoms with E-state index in [-0.39, 0.29) is 0 Å². The van der Waals surface area contributed by atoms with E-state index in [0.29, 0.717) is 5.75 Å². The predicted molar refractivity (Wildman–Crippen MR) is 46.5 cm³/mol. The molecule has 4 heteroatoms. The van der Waals surface area contributed by atoms with E-state index in [1.165, 1.54) is 0 Å². The van der Waals surface area contributed by atoms with E-state index in [9.17, 15) is 5.11 Å². The lowest BCUT2D eigenvalue weighted by molar-refractivity contribution is 0.199. The summed E-state index contributed by atoms with van der Waals surface area (Å²) < 4.78 is 1.83. The van der Waals surface area contributed by atoms with Crippen LogP contribution in [0.4, 0.5) is 0 Å². The number of imidazole rings is 1. The number of aliphatic hydroxyl groups is 1. The van der Waals surface area contributed by atoms with Crippen LogP contribution in [0.5, 0.6) is 0 Å². The van der Waals surface area contributed by atoms with Crippen LogP contribution >= 0.6 is 11.8 Å². The van der Waals surface area contributed by atoms with Crippen molar-refractivity contribution in [1.82, 2.24) is 9.55 Å². The molecule has 1 aromatic rings. The highest BCUT2D eigenvalue weighted by Crippen LogP contribution is 2.13. The topological polar surface area (TPSA) is 38.0 Å². The Morgan fingerprint density at radius 3 is 3.00 bits per heavy atom. The molecule has 0 spiro atoms. The summed E-state index contributed by atoms with van der Waals surface area (Å²) in [5, 5.41) is 9.44. The molecule has 62 valence electrons. The van der Waals surface area contributed by atoms with Crippen LogP contribution in [-0.4, -0.2) is 26.7 Å². The Hall–Kier alpha value is -0.480. The second-order valence-corrected chi connectivity index (χ2v) is 3.35. The molecule has 1 atom stereocenters. The molecular weight excluding hydrogens is 160 g/mol. The highest BCUT2D eigenvalue weighted by molar-refractivity contribution is 7.98. The van der Waals surface area contributed by atoms with Crippen molar-refractivity contribution in [1.29, 1.82) is 0 Å². The number of aromatic nitrogens is 2. The van der Waals surface area contributed by atoms with E-state index >= 15 is 0 Å². The molecule has 0 bridgehead atoms. The van der Waals surface area contributed by atoms with Gasteiger partial charge in [0, 0.05) is 19.0 Å². The fourth-order valence-electron chi connectivity index (χ4n) is 0.848. The molecule has 0 radical (unpaired) electrons. The Kier molecular flexibility index (Phi) is 2.96. The quantitative estimate of drug-likeness (QED) is 0.733. The normalized spacial score (nSPS) is 13.4. The zero-order chi connectivity index (χ0) is 8.27. The van der Waals surface area contributed by atoms with Gasteiger partial charge in [0.1, 0.15) is 6.10 Å². The standard InChI is InChI=1S/C7H12N2OS/c1-9-3-6(8-5-9)7(10)4-11-2/h3,5,7,10H,4H2,1-2H3. The zero-order valence-corrected chi connectivity index (χ0v) is 7.51. The molecule has 0 aromatic carbocycles. The molecule has 0 saturated heterocycles. The molecule has 1 rings (SSSR count). The summed E-state index contributed by atoms with van der Waals surface area (Å²) in [5.74, 6) is 0.705. The largest absolute Gasteiger partial charge is 0.386 e. The second-order valence-electron chi connectivity index (χ2n) is 2.44. The van der Waals surface area contributed by atoms with Crippen LogP contribution in [0.3, 0.4) is 0 Å². The Bertz CT molecular complexity index is 224. The van der Waals surface area contributed by atoms with Crippen LogP contribution in [-0.2, 0) is 7.05 Å². The van der Waals surface area contributed by atoms with Crippen molar-refractivity contribution in [2.75, 3.05) is 12.0 Å². The number of aryl methyl sites for hydroxylation is 1. The lowest BCUT2D eigenvalue weighted by atomic mass is 10.3. The van der Waals surface area contributed by atoms with Gasteiger partial charge in [-0.05, 0) is 6.26 Å². The highest BCUT2D eigenvalue weighted by atomic mass is 32.2.